The van der Waals surface area contributed by atoms with Crippen LogP contribution in [0.15, 0.2) is 4.79 Å². The van der Waals surface area contributed by atoms with Gasteiger partial charge < -0.3 is 20.4 Å². The van der Waals surface area contributed by atoms with E-state index in [1.54, 1.807) is 0 Å². The molecule has 4 rings (SSSR count). The first-order valence-corrected chi connectivity index (χ1v) is 11.8. The zero-order chi connectivity index (χ0) is 22.2. The number of alkyl carbamates (subject to hydrolysis) is 1. The van der Waals surface area contributed by atoms with Crippen LogP contribution in [0.2, 0.25) is 0 Å². The topological polar surface area (TPSA) is 113 Å². The first kappa shape index (κ1) is 21.8. The second kappa shape index (κ2) is 8.61. The molecule has 0 saturated heterocycles. The van der Waals surface area contributed by atoms with E-state index in [1.165, 1.54) is 16.2 Å². The summed E-state index contributed by atoms with van der Waals surface area (Å²) >= 11 is 1.53. The van der Waals surface area contributed by atoms with Gasteiger partial charge in [0.25, 0.3) is 11.5 Å². The predicted molar refractivity (Wildman–Crippen MR) is 120 cm³/mol. The van der Waals surface area contributed by atoms with Crippen molar-refractivity contribution in [1.29, 1.82) is 0 Å². The average Bonchev–Trinajstić information content (AvgIpc) is 3.26. The maximum Gasteiger partial charge on any atom is 0.407 e. The van der Waals surface area contributed by atoms with E-state index in [-0.39, 0.29) is 23.3 Å². The summed E-state index contributed by atoms with van der Waals surface area (Å²) in [7, 11) is 0. The number of hydrogen-bond acceptors (Lipinski definition) is 6. The summed E-state index contributed by atoms with van der Waals surface area (Å²) in [4.78, 5) is 46.1. The molecule has 0 radical (unpaired) electrons. The van der Waals surface area contributed by atoms with E-state index in [0.717, 1.165) is 50.5 Å². The van der Waals surface area contributed by atoms with Crippen LogP contribution in [-0.4, -0.2) is 40.2 Å². The SMILES string of the molecule is CC(C)(C)OC(=O)NCC1CCC(NC(=O)c2nc3sc4c(c3c(=O)[nH]2)CCC4)CC1. The number of hydrogen-bond donors (Lipinski definition) is 3. The van der Waals surface area contributed by atoms with Crippen LogP contribution in [0.25, 0.3) is 10.2 Å². The molecule has 8 nitrogen and oxygen atoms in total. The highest BCUT2D eigenvalue weighted by Crippen LogP contribution is 2.34. The van der Waals surface area contributed by atoms with Crippen molar-refractivity contribution in [2.75, 3.05) is 6.54 Å². The lowest BCUT2D eigenvalue weighted by molar-refractivity contribution is 0.0514. The Morgan fingerprint density at radius 2 is 1.94 bits per heavy atom. The van der Waals surface area contributed by atoms with Crippen LogP contribution < -0.4 is 16.2 Å². The third-order valence-electron chi connectivity index (χ3n) is 5.91. The monoisotopic (exact) mass is 446 g/mol. The number of amides is 2. The van der Waals surface area contributed by atoms with Crippen molar-refractivity contribution in [3.63, 3.8) is 0 Å². The first-order chi connectivity index (χ1) is 14.7. The quantitative estimate of drug-likeness (QED) is 0.667. The van der Waals surface area contributed by atoms with Crippen molar-refractivity contribution >= 4 is 33.6 Å². The van der Waals surface area contributed by atoms with Crippen LogP contribution in [-0.2, 0) is 17.6 Å². The normalized spacial score (nSPS) is 21.0. The Balaban J connectivity index is 1.29. The van der Waals surface area contributed by atoms with Crippen LogP contribution >= 0.6 is 11.3 Å². The Morgan fingerprint density at radius 1 is 1.19 bits per heavy atom. The highest BCUT2D eigenvalue weighted by atomic mass is 32.1. The Morgan fingerprint density at radius 3 is 2.65 bits per heavy atom. The molecule has 9 heteroatoms. The van der Waals surface area contributed by atoms with E-state index in [4.69, 9.17) is 4.74 Å². The molecule has 0 unspecified atom stereocenters. The van der Waals surface area contributed by atoms with E-state index < -0.39 is 11.7 Å². The van der Waals surface area contributed by atoms with Gasteiger partial charge >= 0.3 is 6.09 Å². The molecule has 0 aliphatic heterocycles. The number of carbonyl (C=O) groups excluding carboxylic acids is 2. The fraction of sp³-hybridized carbons (Fsp3) is 0.636. The third-order valence-corrected chi connectivity index (χ3v) is 7.09. The predicted octanol–water partition coefficient (Wildman–Crippen LogP) is 3.29. The number of H-pyrrole nitrogens is 1. The second-order valence-electron chi connectivity index (χ2n) is 9.53. The number of nitrogens with zero attached hydrogens (tertiary/aromatic N) is 1. The van der Waals surface area contributed by atoms with E-state index in [0.29, 0.717) is 22.7 Å². The molecule has 2 amide bonds. The molecule has 2 aliphatic rings. The highest BCUT2D eigenvalue weighted by molar-refractivity contribution is 7.18. The summed E-state index contributed by atoms with van der Waals surface area (Å²) in [6.45, 7) is 6.09. The summed E-state index contributed by atoms with van der Waals surface area (Å²) in [5.41, 5.74) is 0.387. The molecule has 0 spiro atoms. The first-order valence-electron chi connectivity index (χ1n) is 11.0. The molecule has 0 aromatic carbocycles. The lowest BCUT2D eigenvalue weighted by Gasteiger charge is -2.29. The molecular formula is C22H30N4O4S. The van der Waals surface area contributed by atoms with Gasteiger partial charge in [-0.05, 0) is 77.2 Å². The van der Waals surface area contributed by atoms with Gasteiger partial charge in [0.15, 0.2) is 0 Å². The summed E-state index contributed by atoms with van der Waals surface area (Å²) in [6.07, 6.45) is 6.05. The summed E-state index contributed by atoms with van der Waals surface area (Å²) in [5.74, 6) is 0.123. The maximum atomic E-state index is 12.7. The summed E-state index contributed by atoms with van der Waals surface area (Å²) in [6, 6.07) is 0.0413. The molecular weight excluding hydrogens is 416 g/mol. The zero-order valence-corrected chi connectivity index (χ0v) is 19.1. The molecule has 0 atom stereocenters. The molecule has 3 N–H and O–H groups in total. The highest BCUT2D eigenvalue weighted by Gasteiger charge is 2.26. The van der Waals surface area contributed by atoms with Crippen LogP contribution in [0.4, 0.5) is 4.79 Å². The van der Waals surface area contributed by atoms with Crippen LogP contribution in [0.3, 0.4) is 0 Å². The zero-order valence-electron chi connectivity index (χ0n) is 18.3. The van der Waals surface area contributed by atoms with Crippen LogP contribution in [0.1, 0.15) is 73.9 Å². The van der Waals surface area contributed by atoms with E-state index in [2.05, 4.69) is 20.6 Å². The van der Waals surface area contributed by atoms with Crippen LogP contribution in [0, 0.1) is 5.92 Å². The number of nitrogens with one attached hydrogen (secondary N) is 3. The minimum absolute atomic E-state index is 0.0413. The van der Waals surface area contributed by atoms with Gasteiger partial charge in [0, 0.05) is 17.5 Å². The number of ether oxygens (including phenoxy) is 1. The van der Waals surface area contributed by atoms with Crippen molar-refractivity contribution in [1.82, 2.24) is 20.6 Å². The van der Waals surface area contributed by atoms with Gasteiger partial charge in [-0.2, -0.15) is 0 Å². The number of thiophene rings is 1. The van der Waals surface area contributed by atoms with Gasteiger partial charge in [-0.3, -0.25) is 9.59 Å². The number of rotatable bonds is 4. The Labute approximate surface area is 185 Å². The van der Waals surface area contributed by atoms with E-state index in [1.807, 2.05) is 20.8 Å². The summed E-state index contributed by atoms with van der Waals surface area (Å²) < 4.78 is 5.27. The fourth-order valence-electron chi connectivity index (χ4n) is 4.42. The molecule has 2 aromatic rings. The van der Waals surface area contributed by atoms with Crippen LogP contribution in [0.5, 0.6) is 0 Å². The second-order valence-corrected chi connectivity index (χ2v) is 10.6. The molecule has 2 heterocycles. The largest absolute Gasteiger partial charge is 0.444 e. The smallest absolute Gasteiger partial charge is 0.407 e. The molecule has 31 heavy (non-hydrogen) atoms. The molecule has 168 valence electrons. The van der Waals surface area contributed by atoms with Crippen molar-refractivity contribution < 1.29 is 14.3 Å². The maximum absolute atomic E-state index is 12.7. The molecule has 2 aliphatic carbocycles. The van der Waals surface area contributed by atoms with Gasteiger partial charge in [-0.15, -0.1) is 11.3 Å². The van der Waals surface area contributed by atoms with Crippen molar-refractivity contribution in [2.24, 2.45) is 5.92 Å². The Bertz CT molecular complexity index is 1040. The lowest BCUT2D eigenvalue weighted by Crippen LogP contribution is -2.41. The number of aryl methyl sites for hydroxylation is 2. The van der Waals surface area contributed by atoms with Gasteiger partial charge in [-0.1, -0.05) is 0 Å². The molecule has 1 fully saturated rings. The van der Waals surface area contributed by atoms with Crippen molar-refractivity contribution in [3.8, 4) is 0 Å². The average molecular weight is 447 g/mol. The Hall–Kier alpha value is -2.42. The van der Waals surface area contributed by atoms with Crippen molar-refractivity contribution in [3.05, 3.63) is 26.6 Å². The van der Waals surface area contributed by atoms with E-state index in [9.17, 15) is 14.4 Å². The standard InChI is InChI=1S/C22H30N4O4S/c1-22(2,3)30-21(29)23-11-12-7-9-13(10-8-12)24-19(28)17-25-18(27)16-14-5-4-6-15(14)31-20(16)26-17/h12-13H,4-11H2,1-3H3,(H,23,29)(H,24,28)(H,25,26,27). The summed E-state index contributed by atoms with van der Waals surface area (Å²) in [5, 5.41) is 6.51. The van der Waals surface area contributed by atoms with E-state index >= 15 is 0 Å². The molecule has 1 saturated carbocycles. The molecule has 2 aromatic heterocycles. The molecule has 0 bridgehead atoms. The number of fused-ring (bicyclic) bond motifs is 3. The lowest BCUT2D eigenvalue weighted by atomic mass is 9.86. The van der Waals surface area contributed by atoms with Crippen molar-refractivity contribution in [2.45, 2.75) is 77.4 Å². The third kappa shape index (κ3) is 5.08. The number of carbonyl (C=O) groups is 2. The minimum Gasteiger partial charge on any atom is -0.444 e. The van der Waals surface area contributed by atoms with Gasteiger partial charge in [0.2, 0.25) is 5.82 Å². The van der Waals surface area contributed by atoms with Gasteiger partial charge in [0.1, 0.15) is 10.4 Å². The number of aromatic amines is 1. The minimum atomic E-state index is -0.507. The number of aromatic nitrogens is 2. The fourth-order valence-corrected chi connectivity index (χ4v) is 5.68. The Kier molecular flexibility index (Phi) is 6.05. The van der Waals surface area contributed by atoms with Gasteiger partial charge in [0.05, 0.1) is 5.39 Å². The van der Waals surface area contributed by atoms with Gasteiger partial charge in [-0.25, -0.2) is 9.78 Å².